The van der Waals surface area contributed by atoms with Gasteiger partial charge in [0.15, 0.2) is 0 Å². The fourth-order valence-corrected chi connectivity index (χ4v) is 2.21. The summed E-state index contributed by atoms with van der Waals surface area (Å²) in [5.74, 6) is 0.792. The molecule has 2 nitrogen and oxygen atoms in total. The summed E-state index contributed by atoms with van der Waals surface area (Å²) in [6.45, 7) is 4.12. The lowest BCUT2D eigenvalue weighted by Crippen LogP contribution is -1.99. The van der Waals surface area contributed by atoms with Crippen molar-refractivity contribution in [3.8, 4) is 5.75 Å². The Hall–Kier alpha value is -1.22. The van der Waals surface area contributed by atoms with Crippen LogP contribution in [0.4, 0.5) is 0 Å². The minimum atomic E-state index is -0.474. The van der Waals surface area contributed by atoms with Crippen molar-refractivity contribution >= 4 is 23.2 Å². The van der Waals surface area contributed by atoms with Crippen LogP contribution in [0.3, 0.4) is 0 Å². The third kappa shape index (κ3) is 3.66. The Morgan fingerprint density at radius 2 is 1.85 bits per heavy atom. The van der Waals surface area contributed by atoms with Crippen LogP contribution in [0.15, 0.2) is 36.4 Å². The highest BCUT2D eigenvalue weighted by Gasteiger charge is 2.06. The number of hydrogen-bond donors (Lipinski definition) is 1. The molecule has 0 aliphatic carbocycles. The second-order valence-electron chi connectivity index (χ2n) is 4.74. The number of rotatable bonds is 4. The van der Waals surface area contributed by atoms with Crippen molar-refractivity contribution in [3.05, 3.63) is 63.1 Å². The molecule has 0 unspecified atom stereocenters. The molecule has 0 spiro atoms. The molecular formula is C16H16Cl2O2. The highest BCUT2D eigenvalue weighted by atomic mass is 35.5. The van der Waals surface area contributed by atoms with Crippen molar-refractivity contribution < 1.29 is 9.84 Å². The molecule has 4 heteroatoms. The minimum absolute atomic E-state index is 0.422. The third-order valence-corrected chi connectivity index (χ3v) is 3.80. The lowest BCUT2D eigenvalue weighted by atomic mass is 10.1. The molecular weight excluding hydrogens is 295 g/mol. The van der Waals surface area contributed by atoms with E-state index in [9.17, 15) is 5.11 Å². The summed E-state index contributed by atoms with van der Waals surface area (Å²) in [6, 6.07) is 11.1. The van der Waals surface area contributed by atoms with Gasteiger partial charge in [-0.05, 0) is 54.8 Å². The Morgan fingerprint density at radius 3 is 2.45 bits per heavy atom. The van der Waals surface area contributed by atoms with E-state index in [0.29, 0.717) is 16.7 Å². The molecule has 2 aromatic carbocycles. The number of aliphatic hydroxyl groups is 1. The van der Waals surface area contributed by atoms with Gasteiger partial charge in [-0.25, -0.2) is 0 Å². The van der Waals surface area contributed by atoms with E-state index in [2.05, 4.69) is 0 Å². The SMILES string of the molecule is Cc1cc([C@@H](C)O)ccc1OCc1ccc(Cl)c(Cl)c1. The highest BCUT2D eigenvalue weighted by molar-refractivity contribution is 6.42. The molecule has 0 bridgehead atoms. The molecule has 1 atom stereocenters. The van der Waals surface area contributed by atoms with Gasteiger partial charge < -0.3 is 9.84 Å². The van der Waals surface area contributed by atoms with Crippen molar-refractivity contribution in [3.63, 3.8) is 0 Å². The third-order valence-electron chi connectivity index (χ3n) is 3.06. The predicted molar refractivity (Wildman–Crippen MR) is 82.6 cm³/mol. The summed E-state index contributed by atoms with van der Waals surface area (Å²) in [4.78, 5) is 0. The topological polar surface area (TPSA) is 29.5 Å². The minimum Gasteiger partial charge on any atom is -0.489 e. The van der Waals surface area contributed by atoms with Crippen LogP contribution < -0.4 is 4.74 Å². The van der Waals surface area contributed by atoms with Crippen LogP contribution in [0, 0.1) is 6.92 Å². The van der Waals surface area contributed by atoms with Crippen molar-refractivity contribution in [2.24, 2.45) is 0 Å². The fraction of sp³-hybridized carbons (Fsp3) is 0.250. The molecule has 0 saturated heterocycles. The Kier molecular flexibility index (Phi) is 4.92. The second kappa shape index (κ2) is 6.49. The highest BCUT2D eigenvalue weighted by Crippen LogP contribution is 2.25. The van der Waals surface area contributed by atoms with Crippen LogP contribution in [0.5, 0.6) is 5.75 Å². The molecule has 0 aromatic heterocycles. The first-order chi connectivity index (χ1) is 9.47. The maximum absolute atomic E-state index is 9.54. The standard InChI is InChI=1S/C16H16Cl2O2/c1-10-7-13(11(2)19)4-6-16(10)20-9-12-3-5-14(17)15(18)8-12/h3-8,11,19H,9H2,1-2H3/t11-/m1/s1. The van der Waals surface area contributed by atoms with Crippen LogP contribution in [-0.4, -0.2) is 5.11 Å². The second-order valence-corrected chi connectivity index (χ2v) is 5.55. The number of benzene rings is 2. The van der Waals surface area contributed by atoms with E-state index in [4.69, 9.17) is 27.9 Å². The van der Waals surface area contributed by atoms with Gasteiger partial charge in [-0.1, -0.05) is 35.3 Å². The molecule has 2 aromatic rings. The molecule has 1 N–H and O–H groups in total. The molecule has 0 fully saturated rings. The van der Waals surface area contributed by atoms with Gasteiger partial charge in [0.25, 0.3) is 0 Å². The van der Waals surface area contributed by atoms with Crippen molar-refractivity contribution in [2.45, 2.75) is 26.6 Å². The average Bonchev–Trinajstić information content (AvgIpc) is 2.41. The summed E-state index contributed by atoms with van der Waals surface area (Å²) in [5.41, 5.74) is 2.83. The van der Waals surface area contributed by atoms with Crippen LogP contribution in [0.2, 0.25) is 10.0 Å². The van der Waals surface area contributed by atoms with Crippen molar-refractivity contribution in [1.29, 1.82) is 0 Å². The lowest BCUT2D eigenvalue weighted by Gasteiger charge is -2.12. The Labute approximate surface area is 128 Å². The quantitative estimate of drug-likeness (QED) is 0.867. The summed E-state index contributed by atoms with van der Waals surface area (Å²) in [6.07, 6.45) is -0.474. The van der Waals surface area contributed by atoms with Gasteiger partial charge in [0.2, 0.25) is 0 Å². The van der Waals surface area contributed by atoms with E-state index in [0.717, 1.165) is 22.4 Å². The zero-order valence-electron chi connectivity index (χ0n) is 11.4. The van der Waals surface area contributed by atoms with Crippen LogP contribution in [0.1, 0.15) is 29.7 Å². The van der Waals surface area contributed by atoms with Gasteiger partial charge in [-0.2, -0.15) is 0 Å². The molecule has 20 heavy (non-hydrogen) atoms. The van der Waals surface area contributed by atoms with Gasteiger partial charge in [0, 0.05) is 0 Å². The van der Waals surface area contributed by atoms with E-state index >= 15 is 0 Å². The maximum Gasteiger partial charge on any atom is 0.122 e. The molecule has 0 saturated carbocycles. The largest absolute Gasteiger partial charge is 0.489 e. The average molecular weight is 311 g/mol. The Morgan fingerprint density at radius 1 is 1.10 bits per heavy atom. The van der Waals surface area contributed by atoms with Gasteiger partial charge in [-0.15, -0.1) is 0 Å². The molecule has 0 aliphatic heterocycles. The predicted octanol–water partition coefficient (Wildman–Crippen LogP) is 4.93. The summed E-state index contributed by atoms with van der Waals surface area (Å²) >= 11 is 11.8. The number of aliphatic hydroxyl groups excluding tert-OH is 1. The van der Waals surface area contributed by atoms with Crippen molar-refractivity contribution in [1.82, 2.24) is 0 Å². The lowest BCUT2D eigenvalue weighted by molar-refractivity contribution is 0.199. The normalized spacial score (nSPS) is 12.2. The van der Waals surface area contributed by atoms with E-state index < -0.39 is 6.10 Å². The first-order valence-electron chi connectivity index (χ1n) is 6.32. The van der Waals surface area contributed by atoms with Gasteiger partial charge >= 0.3 is 0 Å². The molecule has 0 heterocycles. The van der Waals surface area contributed by atoms with Gasteiger partial charge in [0.1, 0.15) is 12.4 Å². The fourth-order valence-electron chi connectivity index (χ4n) is 1.88. The van der Waals surface area contributed by atoms with E-state index in [-0.39, 0.29) is 0 Å². The molecule has 0 aliphatic rings. The maximum atomic E-state index is 9.54. The van der Waals surface area contributed by atoms with E-state index in [1.165, 1.54) is 0 Å². The summed E-state index contributed by atoms with van der Waals surface area (Å²) in [5, 5.41) is 10.6. The Balaban J connectivity index is 2.09. The van der Waals surface area contributed by atoms with E-state index in [1.54, 1.807) is 19.1 Å². The first-order valence-corrected chi connectivity index (χ1v) is 7.08. The zero-order valence-corrected chi connectivity index (χ0v) is 12.9. The van der Waals surface area contributed by atoms with Crippen LogP contribution in [-0.2, 0) is 6.61 Å². The van der Waals surface area contributed by atoms with E-state index in [1.807, 2.05) is 31.2 Å². The monoisotopic (exact) mass is 310 g/mol. The number of ether oxygens (including phenoxy) is 1. The van der Waals surface area contributed by atoms with Crippen molar-refractivity contribution in [2.75, 3.05) is 0 Å². The smallest absolute Gasteiger partial charge is 0.122 e. The summed E-state index contributed by atoms with van der Waals surface area (Å²) in [7, 11) is 0. The molecule has 106 valence electrons. The number of halogens is 2. The Bertz CT molecular complexity index is 609. The zero-order chi connectivity index (χ0) is 14.7. The van der Waals surface area contributed by atoms with Crippen LogP contribution in [0.25, 0.3) is 0 Å². The van der Waals surface area contributed by atoms with Gasteiger partial charge in [0.05, 0.1) is 16.1 Å². The van der Waals surface area contributed by atoms with Crippen LogP contribution >= 0.6 is 23.2 Å². The first kappa shape index (κ1) is 15.2. The van der Waals surface area contributed by atoms with Gasteiger partial charge in [-0.3, -0.25) is 0 Å². The molecule has 2 rings (SSSR count). The number of aryl methyl sites for hydroxylation is 1. The molecule has 0 radical (unpaired) electrons. The summed E-state index contributed by atoms with van der Waals surface area (Å²) < 4.78 is 5.77. The number of hydrogen-bond acceptors (Lipinski definition) is 2. The molecule has 0 amide bonds.